The average Bonchev–Trinajstić information content (AvgIpc) is 2.61. The molecule has 3 N–H and O–H groups in total. The number of carboxylic acids is 2. The number of hydrogen-bond donors (Lipinski definition) is 3. The highest BCUT2D eigenvalue weighted by molar-refractivity contribution is 9.10. The molecule has 2 rings (SSSR count). The maximum atomic E-state index is 10.8. The summed E-state index contributed by atoms with van der Waals surface area (Å²) in [6.45, 7) is 0.637. The molecule has 0 saturated heterocycles. The van der Waals surface area contributed by atoms with Crippen molar-refractivity contribution in [3.63, 3.8) is 0 Å². The van der Waals surface area contributed by atoms with E-state index in [1.54, 1.807) is 18.2 Å². The first kappa shape index (κ1) is 19.3. The van der Waals surface area contributed by atoms with Crippen LogP contribution in [0.1, 0.15) is 0 Å². The fraction of sp³-hybridized carbons (Fsp3) is 0.111. The quantitative estimate of drug-likeness (QED) is 0.246. The van der Waals surface area contributed by atoms with E-state index in [-0.39, 0.29) is 0 Å². The number of hydrogen-bond acceptors (Lipinski definition) is 5. The van der Waals surface area contributed by atoms with Crippen LogP contribution >= 0.6 is 15.9 Å². The van der Waals surface area contributed by atoms with Gasteiger partial charge < -0.3 is 25.0 Å². The second-order valence-corrected chi connectivity index (χ2v) is 5.82. The first-order chi connectivity index (χ1) is 12.5. The Hall–Kier alpha value is -3.00. The summed E-state index contributed by atoms with van der Waals surface area (Å²) >= 11 is 3.36. The molecule has 0 fully saturated rings. The smallest absolute Gasteiger partial charge is 0.344 e. The van der Waals surface area contributed by atoms with E-state index >= 15 is 0 Å². The third-order valence-corrected chi connectivity index (χ3v) is 3.78. The van der Waals surface area contributed by atoms with Crippen molar-refractivity contribution in [2.45, 2.75) is 0 Å². The Balaban J connectivity index is 1.95. The van der Waals surface area contributed by atoms with Gasteiger partial charge in [0.2, 0.25) is 0 Å². The Morgan fingerprint density at radius 1 is 1.00 bits per heavy atom. The van der Waals surface area contributed by atoms with E-state index in [1.807, 2.05) is 30.3 Å². The summed E-state index contributed by atoms with van der Waals surface area (Å²) < 4.78 is 11.9. The van der Waals surface area contributed by atoms with Gasteiger partial charge in [-0.1, -0.05) is 18.2 Å². The fourth-order valence-electron chi connectivity index (χ4n) is 1.90. The Labute approximate surface area is 158 Å². The highest BCUT2D eigenvalue weighted by atomic mass is 79.9. The Morgan fingerprint density at radius 3 is 2.31 bits per heavy atom. The van der Waals surface area contributed by atoms with Gasteiger partial charge >= 0.3 is 11.9 Å². The first-order valence-corrected chi connectivity index (χ1v) is 8.30. The summed E-state index contributed by atoms with van der Waals surface area (Å²) in [5.74, 6) is -1.81. The van der Waals surface area contributed by atoms with Crippen LogP contribution in [0, 0.1) is 0 Å². The number of anilines is 1. The van der Waals surface area contributed by atoms with E-state index in [1.165, 1.54) is 0 Å². The van der Waals surface area contributed by atoms with Crippen LogP contribution in [0.15, 0.2) is 64.8 Å². The zero-order chi connectivity index (χ0) is 18.9. The monoisotopic (exact) mass is 421 g/mol. The summed E-state index contributed by atoms with van der Waals surface area (Å²) in [5.41, 5.74) is -0.293. The SMILES string of the molecule is O=C(O)C(=CNc1ccc(Br)c(OCCOc2ccccc2)c1)C(=O)O. The first-order valence-electron chi connectivity index (χ1n) is 7.51. The van der Waals surface area contributed by atoms with E-state index in [2.05, 4.69) is 21.2 Å². The second kappa shape index (κ2) is 9.47. The molecule has 0 aliphatic heterocycles. The minimum atomic E-state index is -1.53. The molecule has 2 aromatic rings. The van der Waals surface area contributed by atoms with Crippen molar-refractivity contribution in [3.05, 3.63) is 64.8 Å². The van der Waals surface area contributed by atoms with Gasteiger partial charge in [-0.2, -0.15) is 0 Å². The van der Waals surface area contributed by atoms with Crippen molar-refractivity contribution in [3.8, 4) is 11.5 Å². The number of carbonyl (C=O) groups is 2. The van der Waals surface area contributed by atoms with Crippen LogP contribution in [0.3, 0.4) is 0 Å². The maximum Gasteiger partial charge on any atom is 0.344 e. The number of halogens is 1. The minimum absolute atomic E-state index is 0.294. The van der Waals surface area contributed by atoms with Crippen LogP contribution in [0.25, 0.3) is 0 Å². The van der Waals surface area contributed by atoms with Crippen molar-refractivity contribution < 1.29 is 29.3 Å². The molecule has 0 bridgehead atoms. The Bertz CT molecular complexity index is 791. The molecule has 136 valence electrons. The Kier molecular flexibility index (Phi) is 7.04. The van der Waals surface area contributed by atoms with Gasteiger partial charge in [-0.15, -0.1) is 0 Å². The van der Waals surface area contributed by atoms with Crippen LogP contribution in [-0.4, -0.2) is 35.4 Å². The van der Waals surface area contributed by atoms with Gasteiger partial charge in [0.15, 0.2) is 5.57 Å². The van der Waals surface area contributed by atoms with Crippen molar-refractivity contribution in [2.75, 3.05) is 18.5 Å². The molecule has 0 heterocycles. The zero-order valence-electron chi connectivity index (χ0n) is 13.5. The van der Waals surface area contributed by atoms with E-state index in [4.69, 9.17) is 19.7 Å². The predicted octanol–water partition coefficient (Wildman–Crippen LogP) is 3.37. The lowest BCUT2D eigenvalue weighted by Crippen LogP contribution is -2.13. The molecular weight excluding hydrogens is 406 g/mol. The molecule has 26 heavy (non-hydrogen) atoms. The van der Waals surface area contributed by atoms with Crippen molar-refractivity contribution in [1.82, 2.24) is 0 Å². The third kappa shape index (κ3) is 5.82. The highest BCUT2D eigenvalue weighted by Crippen LogP contribution is 2.28. The average molecular weight is 422 g/mol. The summed E-state index contributed by atoms with van der Waals surface area (Å²) in [6, 6.07) is 14.3. The molecule has 0 aromatic heterocycles. The number of benzene rings is 2. The molecule has 0 spiro atoms. The minimum Gasteiger partial charge on any atom is -0.490 e. The maximum absolute atomic E-state index is 10.8. The number of carboxylic acid groups (broad SMARTS) is 2. The lowest BCUT2D eigenvalue weighted by molar-refractivity contribution is -0.140. The highest BCUT2D eigenvalue weighted by Gasteiger charge is 2.15. The molecule has 0 radical (unpaired) electrons. The predicted molar refractivity (Wildman–Crippen MR) is 98.6 cm³/mol. The molecule has 2 aromatic carbocycles. The van der Waals surface area contributed by atoms with Crippen LogP contribution in [0.5, 0.6) is 11.5 Å². The summed E-state index contributed by atoms with van der Waals surface area (Å²) in [5, 5.41) is 20.3. The van der Waals surface area contributed by atoms with Gasteiger partial charge in [0, 0.05) is 18.0 Å². The van der Waals surface area contributed by atoms with Gasteiger partial charge in [0.1, 0.15) is 24.7 Å². The van der Waals surface area contributed by atoms with Gasteiger partial charge in [-0.25, -0.2) is 9.59 Å². The van der Waals surface area contributed by atoms with Crippen molar-refractivity contribution >= 4 is 33.6 Å². The van der Waals surface area contributed by atoms with Crippen LogP contribution < -0.4 is 14.8 Å². The topological polar surface area (TPSA) is 105 Å². The van der Waals surface area contributed by atoms with Gasteiger partial charge in [0.05, 0.1) is 4.47 Å². The number of para-hydroxylation sites is 1. The van der Waals surface area contributed by atoms with Gasteiger partial charge in [0.25, 0.3) is 0 Å². The molecule has 0 amide bonds. The van der Waals surface area contributed by atoms with E-state index in [0.717, 1.165) is 11.9 Å². The normalized spacial score (nSPS) is 9.88. The van der Waals surface area contributed by atoms with Crippen LogP contribution in [0.4, 0.5) is 5.69 Å². The Morgan fingerprint density at radius 2 is 1.65 bits per heavy atom. The van der Waals surface area contributed by atoms with Crippen LogP contribution in [-0.2, 0) is 9.59 Å². The van der Waals surface area contributed by atoms with E-state index in [9.17, 15) is 9.59 Å². The number of ether oxygens (including phenoxy) is 2. The lowest BCUT2D eigenvalue weighted by Gasteiger charge is -2.11. The zero-order valence-corrected chi connectivity index (χ0v) is 15.1. The summed E-state index contributed by atoms with van der Waals surface area (Å²) in [4.78, 5) is 21.7. The van der Waals surface area contributed by atoms with Crippen molar-refractivity contribution in [2.24, 2.45) is 0 Å². The molecule has 0 unspecified atom stereocenters. The molecule has 8 heteroatoms. The van der Waals surface area contributed by atoms with Gasteiger partial charge in [-0.3, -0.25) is 0 Å². The largest absolute Gasteiger partial charge is 0.490 e. The number of rotatable bonds is 9. The number of nitrogens with one attached hydrogen (secondary N) is 1. The molecule has 0 atom stereocenters. The molecule has 0 saturated carbocycles. The molecule has 0 aliphatic carbocycles. The van der Waals surface area contributed by atoms with Crippen LogP contribution in [0.2, 0.25) is 0 Å². The van der Waals surface area contributed by atoms with E-state index < -0.39 is 17.5 Å². The molecule has 7 nitrogen and oxygen atoms in total. The fourth-order valence-corrected chi connectivity index (χ4v) is 2.26. The van der Waals surface area contributed by atoms with E-state index in [0.29, 0.717) is 29.1 Å². The molecule has 0 aliphatic rings. The molecular formula is C18H16BrNO6. The van der Waals surface area contributed by atoms with Gasteiger partial charge in [-0.05, 0) is 40.2 Å². The third-order valence-electron chi connectivity index (χ3n) is 3.13. The lowest BCUT2D eigenvalue weighted by atomic mass is 10.2. The number of aliphatic carboxylic acids is 2. The van der Waals surface area contributed by atoms with Crippen molar-refractivity contribution in [1.29, 1.82) is 0 Å². The second-order valence-electron chi connectivity index (χ2n) is 4.97. The standard InChI is InChI=1S/C18H16BrNO6/c19-15-7-6-12(20-11-14(17(21)22)18(23)24)10-16(15)26-9-8-25-13-4-2-1-3-5-13/h1-7,10-11,20H,8-9H2,(H,21,22)(H,23,24). The summed E-state index contributed by atoms with van der Waals surface area (Å²) in [6.07, 6.45) is 0.913. The summed E-state index contributed by atoms with van der Waals surface area (Å²) in [7, 11) is 0.